The van der Waals surface area contributed by atoms with Crippen molar-refractivity contribution in [1.82, 2.24) is 0 Å². The number of aryl methyl sites for hydroxylation is 2. The van der Waals surface area contributed by atoms with Gasteiger partial charge in [-0.15, -0.1) is 0 Å². The summed E-state index contributed by atoms with van der Waals surface area (Å²) in [4.78, 5) is 12.1. The summed E-state index contributed by atoms with van der Waals surface area (Å²) in [5, 5.41) is 0. The fourth-order valence-corrected chi connectivity index (χ4v) is 1.67. The van der Waals surface area contributed by atoms with E-state index in [2.05, 4.69) is 6.92 Å². The van der Waals surface area contributed by atoms with E-state index in [0.29, 0.717) is 16.9 Å². The molecule has 0 spiro atoms. The third-order valence-corrected chi connectivity index (χ3v) is 2.73. The van der Waals surface area contributed by atoms with Crippen LogP contribution in [0.3, 0.4) is 0 Å². The van der Waals surface area contributed by atoms with Crippen LogP contribution in [0.2, 0.25) is 0 Å². The van der Waals surface area contributed by atoms with Gasteiger partial charge in [-0.1, -0.05) is 31.2 Å². The second-order valence-corrected chi connectivity index (χ2v) is 3.77. The molecule has 0 aliphatic rings. The lowest BCUT2D eigenvalue weighted by atomic mass is 10.0. The zero-order valence-corrected chi connectivity index (χ0v) is 9.49. The number of hydrogen-bond acceptors (Lipinski definition) is 2. The van der Waals surface area contributed by atoms with Gasteiger partial charge in [0.15, 0.2) is 5.78 Å². The Kier molecular flexibility index (Phi) is 2.91. The van der Waals surface area contributed by atoms with Gasteiger partial charge in [0, 0.05) is 5.56 Å². The predicted octanol–water partition coefficient (Wildman–Crippen LogP) is 3.38. The number of carbonyl (C=O) groups excluding carboxylic acids is 1. The van der Waals surface area contributed by atoms with E-state index in [1.54, 1.807) is 19.3 Å². The Morgan fingerprint density at radius 1 is 1.19 bits per heavy atom. The summed E-state index contributed by atoms with van der Waals surface area (Å²) < 4.78 is 5.13. The zero-order chi connectivity index (χ0) is 11.5. The molecular weight excluding hydrogens is 200 g/mol. The van der Waals surface area contributed by atoms with Gasteiger partial charge in [-0.05, 0) is 25.0 Å². The summed E-state index contributed by atoms with van der Waals surface area (Å²) in [7, 11) is 0. The van der Waals surface area contributed by atoms with Crippen LogP contribution in [-0.4, -0.2) is 5.78 Å². The molecule has 1 aromatic carbocycles. The number of benzene rings is 1. The molecule has 0 amide bonds. The van der Waals surface area contributed by atoms with Crippen LogP contribution in [0.1, 0.15) is 34.2 Å². The van der Waals surface area contributed by atoms with Gasteiger partial charge in [-0.25, -0.2) is 0 Å². The van der Waals surface area contributed by atoms with Crippen molar-refractivity contribution in [2.24, 2.45) is 0 Å². The van der Waals surface area contributed by atoms with Gasteiger partial charge in [0.1, 0.15) is 5.76 Å². The Labute approximate surface area is 94.9 Å². The first-order valence-electron chi connectivity index (χ1n) is 5.40. The highest BCUT2D eigenvalue weighted by Crippen LogP contribution is 2.15. The van der Waals surface area contributed by atoms with E-state index in [0.717, 1.165) is 6.42 Å². The van der Waals surface area contributed by atoms with Crippen molar-refractivity contribution in [3.63, 3.8) is 0 Å². The summed E-state index contributed by atoms with van der Waals surface area (Å²) >= 11 is 0. The Hall–Kier alpha value is -1.83. The van der Waals surface area contributed by atoms with Crippen molar-refractivity contribution in [3.8, 4) is 0 Å². The highest BCUT2D eigenvalue weighted by molar-refractivity contribution is 6.09. The Morgan fingerprint density at radius 3 is 2.38 bits per heavy atom. The number of furan rings is 1. The third kappa shape index (κ3) is 1.91. The van der Waals surface area contributed by atoms with Crippen LogP contribution in [0.25, 0.3) is 0 Å². The molecule has 16 heavy (non-hydrogen) atoms. The van der Waals surface area contributed by atoms with E-state index in [9.17, 15) is 4.79 Å². The van der Waals surface area contributed by atoms with Gasteiger partial charge in [-0.2, -0.15) is 0 Å². The molecule has 2 aromatic rings. The smallest absolute Gasteiger partial charge is 0.196 e. The summed E-state index contributed by atoms with van der Waals surface area (Å²) in [5.41, 5.74) is 2.59. The van der Waals surface area contributed by atoms with Crippen LogP contribution >= 0.6 is 0 Å². The van der Waals surface area contributed by atoms with Crippen molar-refractivity contribution in [2.45, 2.75) is 20.3 Å². The Bertz CT molecular complexity index is 492. The SMILES string of the molecule is CCc1ccc(C(=O)c2ccoc2C)cc1. The summed E-state index contributed by atoms with van der Waals surface area (Å²) in [5.74, 6) is 0.693. The molecule has 0 unspecified atom stereocenters. The molecule has 0 N–H and O–H groups in total. The van der Waals surface area contributed by atoms with Crippen molar-refractivity contribution >= 4 is 5.78 Å². The normalized spacial score (nSPS) is 10.4. The fourth-order valence-electron chi connectivity index (χ4n) is 1.67. The number of ketones is 1. The van der Waals surface area contributed by atoms with Crippen molar-refractivity contribution < 1.29 is 9.21 Å². The van der Waals surface area contributed by atoms with Gasteiger partial charge in [0.05, 0.1) is 11.8 Å². The lowest BCUT2D eigenvalue weighted by molar-refractivity contribution is 0.103. The maximum absolute atomic E-state index is 12.1. The van der Waals surface area contributed by atoms with E-state index >= 15 is 0 Å². The molecule has 0 bridgehead atoms. The highest BCUT2D eigenvalue weighted by Gasteiger charge is 2.13. The summed E-state index contributed by atoms with van der Waals surface area (Å²) in [6.45, 7) is 3.89. The largest absolute Gasteiger partial charge is 0.469 e. The average Bonchev–Trinajstić information content (AvgIpc) is 2.75. The number of hydrogen-bond donors (Lipinski definition) is 0. The van der Waals surface area contributed by atoms with Crippen LogP contribution in [-0.2, 0) is 6.42 Å². The second kappa shape index (κ2) is 4.35. The maximum Gasteiger partial charge on any atom is 0.196 e. The molecule has 0 atom stereocenters. The minimum atomic E-state index is 0.0221. The summed E-state index contributed by atoms with van der Waals surface area (Å²) in [6, 6.07) is 9.43. The predicted molar refractivity (Wildman–Crippen MR) is 62.7 cm³/mol. The van der Waals surface area contributed by atoms with Gasteiger partial charge in [0.2, 0.25) is 0 Å². The minimum Gasteiger partial charge on any atom is -0.469 e. The summed E-state index contributed by atoms with van der Waals surface area (Å²) in [6.07, 6.45) is 2.53. The van der Waals surface area contributed by atoms with Crippen LogP contribution in [0.15, 0.2) is 41.0 Å². The first kappa shape index (κ1) is 10.7. The van der Waals surface area contributed by atoms with Gasteiger partial charge < -0.3 is 4.42 Å². The number of carbonyl (C=O) groups is 1. The van der Waals surface area contributed by atoms with Crippen LogP contribution in [0, 0.1) is 6.92 Å². The van der Waals surface area contributed by atoms with Crippen LogP contribution in [0.5, 0.6) is 0 Å². The first-order valence-corrected chi connectivity index (χ1v) is 5.40. The molecule has 0 aliphatic heterocycles. The molecule has 0 saturated carbocycles. The topological polar surface area (TPSA) is 30.2 Å². The molecular formula is C14H14O2. The standard InChI is InChI=1S/C14H14O2/c1-3-11-4-6-12(7-5-11)14(15)13-8-9-16-10(13)2/h4-9H,3H2,1-2H3. The lowest BCUT2D eigenvalue weighted by Gasteiger charge is -2.01. The van der Waals surface area contributed by atoms with Gasteiger partial charge >= 0.3 is 0 Å². The van der Waals surface area contributed by atoms with E-state index in [-0.39, 0.29) is 5.78 Å². The van der Waals surface area contributed by atoms with Gasteiger partial charge in [-0.3, -0.25) is 4.79 Å². The van der Waals surface area contributed by atoms with Crippen LogP contribution < -0.4 is 0 Å². The molecule has 82 valence electrons. The quantitative estimate of drug-likeness (QED) is 0.733. The zero-order valence-electron chi connectivity index (χ0n) is 9.49. The van der Waals surface area contributed by atoms with Crippen LogP contribution in [0.4, 0.5) is 0 Å². The molecule has 0 radical (unpaired) electrons. The highest BCUT2D eigenvalue weighted by atomic mass is 16.3. The molecule has 1 aromatic heterocycles. The van der Waals surface area contributed by atoms with Crippen molar-refractivity contribution in [1.29, 1.82) is 0 Å². The minimum absolute atomic E-state index is 0.0221. The van der Waals surface area contributed by atoms with Crippen molar-refractivity contribution in [3.05, 3.63) is 59.0 Å². The Morgan fingerprint density at radius 2 is 1.88 bits per heavy atom. The molecule has 0 saturated heterocycles. The third-order valence-electron chi connectivity index (χ3n) is 2.73. The maximum atomic E-state index is 12.1. The van der Waals surface area contributed by atoms with Gasteiger partial charge in [0.25, 0.3) is 0 Å². The Balaban J connectivity index is 2.31. The molecule has 0 aliphatic carbocycles. The lowest BCUT2D eigenvalue weighted by Crippen LogP contribution is -2.01. The first-order chi connectivity index (χ1) is 7.72. The average molecular weight is 214 g/mol. The van der Waals surface area contributed by atoms with E-state index in [1.165, 1.54) is 5.56 Å². The monoisotopic (exact) mass is 214 g/mol. The van der Waals surface area contributed by atoms with E-state index < -0.39 is 0 Å². The molecule has 0 fully saturated rings. The number of rotatable bonds is 3. The molecule has 2 heteroatoms. The van der Waals surface area contributed by atoms with Crippen molar-refractivity contribution in [2.75, 3.05) is 0 Å². The molecule has 1 heterocycles. The second-order valence-electron chi connectivity index (χ2n) is 3.77. The van der Waals surface area contributed by atoms with E-state index in [1.807, 2.05) is 24.3 Å². The molecule has 2 rings (SSSR count). The fraction of sp³-hybridized carbons (Fsp3) is 0.214. The van der Waals surface area contributed by atoms with E-state index in [4.69, 9.17) is 4.42 Å². The molecule has 2 nitrogen and oxygen atoms in total.